The summed E-state index contributed by atoms with van der Waals surface area (Å²) in [5, 5.41) is 25.2. The number of carbonyl (C=O) groups is 1. The molecule has 2 aromatic heterocycles. The second-order valence-electron chi connectivity index (χ2n) is 8.09. The van der Waals surface area contributed by atoms with Gasteiger partial charge in [-0.15, -0.1) is 0 Å². The van der Waals surface area contributed by atoms with Gasteiger partial charge >= 0.3 is 5.97 Å². The summed E-state index contributed by atoms with van der Waals surface area (Å²) in [6.45, 7) is 3.10. The zero-order valence-electron chi connectivity index (χ0n) is 19.8. The molecule has 1 aliphatic heterocycles. The second kappa shape index (κ2) is 10.7. The highest BCUT2D eigenvalue weighted by atomic mass is 32.2. The average molecular weight is 534 g/mol. The van der Waals surface area contributed by atoms with Crippen molar-refractivity contribution in [3.05, 3.63) is 46.0 Å². The molecule has 192 valence electrons. The highest BCUT2D eigenvalue weighted by Crippen LogP contribution is 2.34. The van der Waals surface area contributed by atoms with Crippen LogP contribution >= 0.6 is 11.3 Å². The largest absolute Gasteiger partial charge is 0.477 e. The van der Waals surface area contributed by atoms with Gasteiger partial charge in [-0.2, -0.15) is 9.97 Å². The van der Waals surface area contributed by atoms with E-state index in [0.717, 1.165) is 41.9 Å². The van der Waals surface area contributed by atoms with E-state index in [1.165, 1.54) is 7.05 Å². The lowest BCUT2D eigenvalue weighted by Crippen LogP contribution is -2.31. The molecular weight excluding hydrogens is 506 g/mol. The maximum Gasteiger partial charge on any atom is 0.347 e. The highest BCUT2D eigenvalue weighted by Gasteiger charge is 2.25. The van der Waals surface area contributed by atoms with E-state index in [2.05, 4.69) is 30.2 Å². The molecule has 1 aromatic carbocycles. The van der Waals surface area contributed by atoms with Crippen LogP contribution in [-0.4, -0.2) is 66.3 Å². The molecule has 4 rings (SSSR count). The van der Waals surface area contributed by atoms with E-state index >= 15 is 0 Å². The standard InChI is InChI=1S/C22H27N7O5S2/c1-13-17(20(31)32)35-22(25-13)28-21-26-18(24-9-11-30)16-4-3-10-29(19(16)27-21)12-14-5-7-15(8-6-14)36(33,34)23-2/h5-8,23,30H,3-4,9-12H2,1-2H3,(H,31,32)(H2,24,25,26,27,28). The van der Waals surface area contributed by atoms with E-state index in [0.29, 0.717) is 35.6 Å². The number of nitrogens with zero attached hydrogens (tertiary/aromatic N) is 4. The number of nitrogens with one attached hydrogen (secondary N) is 3. The van der Waals surface area contributed by atoms with Gasteiger partial charge in [0, 0.05) is 25.2 Å². The van der Waals surface area contributed by atoms with Crippen molar-refractivity contribution >= 4 is 50.0 Å². The van der Waals surface area contributed by atoms with Gasteiger partial charge in [0.1, 0.15) is 16.5 Å². The lowest BCUT2D eigenvalue weighted by atomic mass is 10.0. The van der Waals surface area contributed by atoms with E-state index in [1.54, 1.807) is 31.2 Å². The van der Waals surface area contributed by atoms with Crippen LogP contribution in [-0.2, 0) is 23.0 Å². The maximum atomic E-state index is 12.0. The average Bonchev–Trinajstić information content (AvgIpc) is 3.23. The first kappa shape index (κ1) is 25.8. The molecule has 3 aromatic rings. The van der Waals surface area contributed by atoms with Gasteiger partial charge in [0.25, 0.3) is 0 Å². The van der Waals surface area contributed by atoms with Crippen LogP contribution in [0.25, 0.3) is 0 Å². The molecule has 0 spiro atoms. The minimum absolute atomic E-state index is 0.0687. The van der Waals surface area contributed by atoms with Crippen molar-refractivity contribution in [1.82, 2.24) is 19.7 Å². The summed E-state index contributed by atoms with van der Waals surface area (Å²) in [6, 6.07) is 6.68. The number of aromatic carboxylic acids is 1. The molecule has 0 aliphatic carbocycles. The van der Waals surface area contributed by atoms with E-state index < -0.39 is 16.0 Å². The maximum absolute atomic E-state index is 12.0. The normalized spacial score (nSPS) is 13.4. The number of hydrogen-bond donors (Lipinski definition) is 5. The minimum Gasteiger partial charge on any atom is -0.477 e. The molecule has 36 heavy (non-hydrogen) atoms. The topological polar surface area (TPSA) is 170 Å². The Bertz CT molecular complexity index is 1360. The lowest BCUT2D eigenvalue weighted by Gasteiger charge is -2.31. The van der Waals surface area contributed by atoms with Gasteiger partial charge in [0.2, 0.25) is 16.0 Å². The van der Waals surface area contributed by atoms with Gasteiger partial charge in [-0.05, 0) is 44.5 Å². The summed E-state index contributed by atoms with van der Waals surface area (Å²) >= 11 is 1.00. The molecule has 0 radical (unpaired) electrons. The third-order valence-corrected chi connectivity index (χ3v) is 8.12. The first-order valence-corrected chi connectivity index (χ1v) is 13.5. The number of benzene rings is 1. The quantitative estimate of drug-likeness (QED) is 0.258. The van der Waals surface area contributed by atoms with Crippen molar-refractivity contribution in [3.63, 3.8) is 0 Å². The molecule has 5 N–H and O–H groups in total. The van der Waals surface area contributed by atoms with E-state index in [4.69, 9.17) is 4.98 Å². The monoisotopic (exact) mass is 533 g/mol. The van der Waals surface area contributed by atoms with Gasteiger partial charge in [0.15, 0.2) is 5.13 Å². The van der Waals surface area contributed by atoms with Crippen molar-refractivity contribution in [3.8, 4) is 0 Å². The Morgan fingerprint density at radius 3 is 2.58 bits per heavy atom. The molecule has 12 nitrogen and oxygen atoms in total. The van der Waals surface area contributed by atoms with Crippen molar-refractivity contribution in [2.75, 3.05) is 42.3 Å². The second-order valence-corrected chi connectivity index (χ2v) is 11.0. The third-order valence-electron chi connectivity index (χ3n) is 5.63. The third kappa shape index (κ3) is 5.56. The Hall–Kier alpha value is -3.33. The van der Waals surface area contributed by atoms with Crippen LogP contribution in [0.3, 0.4) is 0 Å². The van der Waals surface area contributed by atoms with Gasteiger partial charge in [-0.25, -0.2) is 22.9 Å². The summed E-state index contributed by atoms with van der Waals surface area (Å²) in [5.74, 6) is 0.498. The van der Waals surface area contributed by atoms with Gasteiger partial charge in [0.05, 0.1) is 17.2 Å². The van der Waals surface area contributed by atoms with Crippen LogP contribution in [0.5, 0.6) is 0 Å². The molecule has 14 heteroatoms. The Morgan fingerprint density at radius 2 is 1.94 bits per heavy atom. The number of thiazole rings is 1. The van der Waals surface area contributed by atoms with E-state index in [-0.39, 0.29) is 22.3 Å². The molecule has 3 heterocycles. The number of aliphatic hydroxyl groups excluding tert-OH is 1. The summed E-state index contributed by atoms with van der Waals surface area (Å²) in [7, 11) is -2.14. The van der Waals surface area contributed by atoms with Crippen molar-refractivity contribution in [1.29, 1.82) is 0 Å². The Kier molecular flexibility index (Phi) is 7.68. The van der Waals surface area contributed by atoms with Crippen LogP contribution < -0.4 is 20.3 Å². The number of aryl methyl sites for hydroxylation is 1. The molecule has 0 fully saturated rings. The summed E-state index contributed by atoms with van der Waals surface area (Å²) in [5.41, 5.74) is 2.23. The molecule has 0 atom stereocenters. The van der Waals surface area contributed by atoms with Crippen molar-refractivity contribution in [2.45, 2.75) is 31.2 Å². The predicted octanol–water partition coefficient (Wildman–Crippen LogP) is 1.95. The van der Waals surface area contributed by atoms with E-state index in [1.807, 2.05) is 0 Å². The Morgan fingerprint density at radius 1 is 1.19 bits per heavy atom. The van der Waals surface area contributed by atoms with Crippen molar-refractivity contribution in [2.24, 2.45) is 0 Å². The smallest absolute Gasteiger partial charge is 0.347 e. The Labute approximate surface area is 212 Å². The fourth-order valence-electron chi connectivity index (χ4n) is 3.90. The molecule has 0 bridgehead atoms. The van der Waals surface area contributed by atoms with Crippen LogP contribution in [0.2, 0.25) is 0 Å². The molecule has 0 unspecified atom stereocenters. The van der Waals surface area contributed by atoms with Crippen LogP contribution in [0.15, 0.2) is 29.2 Å². The number of rotatable bonds is 10. The molecular formula is C22H27N7O5S2. The Balaban J connectivity index is 1.65. The number of carboxylic acid groups (broad SMARTS) is 1. The number of anilines is 4. The minimum atomic E-state index is -3.52. The first-order chi connectivity index (χ1) is 17.2. The first-order valence-electron chi connectivity index (χ1n) is 11.2. The number of hydrogen-bond acceptors (Lipinski definition) is 11. The fourth-order valence-corrected chi connectivity index (χ4v) is 5.43. The number of sulfonamides is 1. The SMILES string of the molecule is CNS(=O)(=O)c1ccc(CN2CCCc3c(NCCO)nc(Nc4nc(C)c(C(=O)O)s4)nc32)cc1. The summed E-state index contributed by atoms with van der Waals surface area (Å²) in [4.78, 5) is 27.4. The van der Waals surface area contributed by atoms with Gasteiger partial charge < -0.3 is 20.4 Å². The predicted molar refractivity (Wildman–Crippen MR) is 137 cm³/mol. The van der Waals surface area contributed by atoms with Crippen LogP contribution in [0.1, 0.15) is 32.9 Å². The highest BCUT2D eigenvalue weighted by molar-refractivity contribution is 7.89. The van der Waals surface area contributed by atoms with Crippen LogP contribution in [0.4, 0.5) is 22.7 Å². The van der Waals surface area contributed by atoms with Crippen LogP contribution in [0, 0.1) is 6.92 Å². The van der Waals surface area contributed by atoms with Crippen molar-refractivity contribution < 1.29 is 23.4 Å². The lowest BCUT2D eigenvalue weighted by molar-refractivity contribution is 0.0701. The number of carboxylic acids is 1. The molecule has 1 aliphatic rings. The number of aliphatic hydroxyl groups is 1. The van der Waals surface area contributed by atoms with Gasteiger partial charge in [-0.1, -0.05) is 23.5 Å². The number of fused-ring (bicyclic) bond motifs is 1. The summed E-state index contributed by atoms with van der Waals surface area (Å²) in [6.07, 6.45) is 1.62. The molecule has 0 saturated carbocycles. The fraction of sp³-hybridized carbons (Fsp3) is 0.364. The molecule has 0 amide bonds. The zero-order valence-corrected chi connectivity index (χ0v) is 21.4. The van der Waals surface area contributed by atoms with Gasteiger partial charge in [-0.3, -0.25) is 5.32 Å². The van der Waals surface area contributed by atoms with E-state index in [9.17, 15) is 23.4 Å². The summed E-state index contributed by atoms with van der Waals surface area (Å²) < 4.78 is 26.4. The zero-order chi connectivity index (χ0) is 25.9. The number of aromatic nitrogens is 3. The molecule has 0 saturated heterocycles.